The molecule has 2 fully saturated rings. The van der Waals surface area contributed by atoms with E-state index in [0.717, 1.165) is 25.9 Å². The lowest BCUT2D eigenvalue weighted by Gasteiger charge is -2.48. The van der Waals surface area contributed by atoms with Crippen LogP contribution in [-0.2, 0) is 4.79 Å². The van der Waals surface area contributed by atoms with Crippen molar-refractivity contribution in [1.82, 2.24) is 24.4 Å². The first-order valence-corrected chi connectivity index (χ1v) is 9.84. The molecule has 0 unspecified atom stereocenters. The first-order chi connectivity index (χ1) is 13.4. The summed E-state index contributed by atoms with van der Waals surface area (Å²) in [7, 11) is 0. The molecule has 9 heteroatoms. The molecule has 2 aromatic rings. The number of rotatable bonds is 3. The number of aryl methyl sites for hydroxylation is 1. The van der Waals surface area contributed by atoms with Gasteiger partial charge in [-0.25, -0.2) is 4.52 Å². The summed E-state index contributed by atoms with van der Waals surface area (Å²) in [6, 6.07) is 1.52. The minimum atomic E-state index is -0.662. The summed E-state index contributed by atoms with van der Waals surface area (Å²) in [6.45, 7) is 4.42. The summed E-state index contributed by atoms with van der Waals surface area (Å²) in [6.07, 6.45) is 6.07. The van der Waals surface area contributed by atoms with Crippen LogP contribution in [0.2, 0.25) is 0 Å². The number of carbonyl (C=O) groups excluding carboxylic acids is 2. The zero-order valence-electron chi connectivity index (χ0n) is 16.1. The van der Waals surface area contributed by atoms with Crippen molar-refractivity contribution >= 4 is 17.3 Å². The van der Waals surface area contributed by atoms with E-state index in [1.54, 1.807) is 18.0 Å². The van der Waals surface area contributed by atoms with Crippen LogP contribution < -0.4 is 11.3 Å². The van der Waals surface area contributed by atoms with Crippen LogP contribution in [-0.4, -0.2) is 67.9 Å². The first kappa shape index (κ1) is 18.7. The molecular weight excluding hydrogens is 360 g/mol. The Bertz CT molecular complexity index is 964. The number of hydrogen-bond acceptors (Lipinski definition) is 5. The Hall–Kier alpha value is -2.68. The molecule has 2 aliphatic heterocycles. The number of fused-ring (bicyclic) bond motifs is 1. The van der Waals surface area contributed by atoms with Crippen LogP contribution in [0.5, 0.6) is 0 Å². The highest BCUT2D eigenvalue weighted by Gasteiger charge is 2.46. The van der Waals surface area contributed by atoms with Crippen molar-refractivity contribution in [2.45, 2.75) is 44.6 Å². The molecule has 2 aromatic heterocycles. The van der Waals surface area contributed by atoms with Gasteiger partial charge < -0.3 is 15.6 Å². The van der Waals surface area contributed by atoms with Crippen LogP contribution in [0.1, 0.15) is 48.3 Å². The molecule has 28 heavy (non-hydrogen) atoms. The lowest BCUT2D eigenvalue weighted by molar-refractivity contribution is -0.134. The fourth-order valence-corrected chi connectivity index (χ4v) is 4.51. The molecule has 0 aliphatic carbocycles. The van der Waals surface area contributed by atoms with Gasteiger partial charge in [0.25, 0.3) is 11.5 Å². The van der Waals surface area contributed by atoms with Gasteiger partial charge in [0.1, 0.15) is 11.1 Å². The Morgan fingerprint density at radius 3 is 2.46 bits per heavy atom. The van der Waals surface area contributed by atoms with Crippen molar-refractivity contribution in [3.8, 4) is 0 Å². The number of nitrogens with zero attached hydrogens (tertiary/aromatic N) is 4. The average Bonchev–Trinajstić information content (AvgIpc) is 3.12. The van der Waals surface area contributed by atoms with E-state index in [4.69, 9.17) is 5.73 Å². The Labute approximate surface area is 162 Å². The molecule has 4 heterocycles. The van der Waals surface area contributed by atoms with Crippen molar-refractivity contribution < 1.29 is 9.59 Å². The Balaban J connectivity index is 1.53. The van der Waals surface area contributed by atoms with Gasteiger partial charge in [-0.2, -0.15) is 5.10 Å². The van der Waals surface area contributed by atoms with Crippen molar-refractivity contribution in [2.24, 2.45) is 5.73 Å². The van der Waals surface area contributed by atoms with Crippen LogP contribution >= 0.6 is 0 Å². The predicted octanol–water partition coefficient (Wildman–Crippen LogP) is 0.277. The van der Waals surface area contributed by atoms with E-state index in [1.807, 2.05) is 0 Å². The highest BCUT2D eigenvalue weighted by molar-refractivity contribution is 5.94. The van der Waals surface area contributed by atoms with Crippen molar-refractivity contribution in [3.05, 3.63) is 34.0 Å². The molecule has 0 atom stereocenters. The molecule has 4 rings (SSSR count). The van der Waals surface area contributed by atoms with Crippen LogP contribution in [0.4, 0.5) is 0 Å². The first-order valence-electron chi connectivity index (χ1n) is 9.84. The average molecular weight is 386 g/mol. The topological polar surface area (TPSA) is 117 Å². The smallest absolute Gasteiger partial charge is 0.274 e. The summed E-state index contributed by atoms with van der Waals surface area (Å²) in [5, 5.41) is 4.27. The number of likely N-dealkylation sites (tertiary alicyclic amines) is 2. The van der Waals surface area contributed by atoms with Crippen molar-refractivity contribution in [1.29, 1.82) is 0 Å². The van der Waals surface area contributed by atoms with Gasteiger partial charge in [0.15, 0.2) is 5.69 Å². The lowest BCUT2D eigenvalue weighted by atomic mass is 9.83. The monoisotopic (exact) mass is 386 g/mol. The maximum Gasteiger partial charge on any atom is 0.274 e. The number of hydrogen-bond donors (Lipinski definition) is 2. The quantitative estimate of drug-likeness (QED) is 0.786. The van der Waals surface area contributed by atoms with Crippen LogP contribution in [0.15, 0.2) is 17.1 Å². The van der Waals surface area contributed by atoms with Gasteiger partial charge in [-0.3, -0.25) is 19.3 Å². The third kappa shape index (κ3) is 3.09. The highest BCUT2D eigenvalue weighted by Crippen LogP contribution is 2.32. The number of aromatic amines is 1. The van der Waals surface area contributed by atoms with Gasteiger partial charge in [-0.1, -0.05) is 6.42 Å². The molecule has 150 valence electrons. The zero-order valence-corrected chi connectivity index (χ0v) is 16.1. The predicted molar refractivity (Wildman–Crippen MR) is 103 cm³/mol. The number of primary amides is 1. The van der Waals surface area contributed by atoms with Gasteiger partial charge in [0, 0.05) is 31.0 Å². The Kier molecular flexibility index (Phi) is 4.70. The third-order valence-electron chi connectivity index (χ3n) is 6.11. The van der Waals surface area contributed by atoms with E-state index in [2.05, 4.69) is 15.0 Å². The molecule has 9 nitrogen and oxygen atoms in total. The number of H-pyrrole nitrogens is 1. The fraction of sp³-hybridized carbons (Fsp3) is 0.579. The number of amides is 2. The van der Waals surface area contributed by atoms with E-state index >= 15 is 0 Å². The Morgan fingerprint density at radius 2 is 1.82 bits per heavy atom. The van der Waals surface area contributed by atoms with Gasteiger partial charge in [-0.05, 0) is 45.7 Å². The number of piperidine rings is 2. The van der Waals surface area contributed by atoms with Crippen molar-refractivity contribution in [3.63, 3.8) is 0 Å². The third-order valence-corrected chi connectivity index (χ3v) is 6.11. The molecule has 3 N–H and O–H groups in total. The summed E-state index contributed by atoms with van der Waals surface area (Å²) in [5.74, 6) is -0.520. The normalized spacial score (nSPS) is 20.4. The van der Waals surface area contributed by atoms with Gasteiger partial charge in [0.2, 0.25) is 5.91 Å². The Morgan fingerprint density at radius 1 is 1.14 bits per heavy atom. The SMILES string of the molecule is Cc1cn2nc(C(=O)N3CCC(C(N)=O)(N4CCCCC4)CC3)cc2c(=O)[nH]1. The highest BCUT2D eigenvalue weighted by atomic mass is 16.2. The molecule has 0 aromatic carbocycles. The second kappa shape index (κ2) is 7.05. The van der Waals surface area contributed by atoms with E-state index in [1.165, 1.54) is 17.0 Å². The molecular formula is C19H26N6O3. The van der Waals surface area contributed by atoms with Crippen LogP contribution in [0, 0.1) is 6.92 Å². The van der Waals surface area contributed by atoms with Crippen molar-refractivity contribution in [2.75, 3.05) is 26.2 Å². The maximum absolute atomic E-state index is 12.9. The number of nitrogens with two attached hydrogens (primary N) is 1. The summed E-state index contributed by atoms with van der Waals surface area (Å²) >= 11 is 0. The molecule has 0 radical (unpaired) electrons. The summed E-state index contributed by atoms with van der Waals surface area (Å²) in [4.78, 5) is 43.9. The number of carbonyl (C=O) groups is 2. The molecule has 2 saturated heterocycles. The fourth-order valence-electron chi connectivity index (χ4n) is 4.51. The number of nitrogens with one attached hydrogen (secondary N) is 1. The van der Waals surface area contributed by atoms with E-state index in [9.17, 15) is 14.4 Å². The standard InChI is InChI=1S/C19H26N6O3/c1-13-12-25-15(16(26)21-13)11-14(22-25)17(27)23-9-5-19(6-10-23,18(20)28)24-7-3-2-4-8-24/h11-12H,2-10H2,1H3,(H2,20,28)(H,21,26). The van der Waals surface area contributed by atoms with Crippen LogP contribution in [0.3, 0.4) is 0 Å². The molecule has 0 bridgehead atoms. The largest absolute Gasteiger partial charge is 0.368 e. The maximum atomic E-state index is 12.9. The van der Waals surface area contributed by atoms with Gasteiger partial charge >= 0.3 is 0 Å². The van der Waals surface area contributed by atoms with Gasteiger partial charge in [-0.15, -0.1) is 0 Å². The summed E-state index contributed by atoms with van der Waals surface area (Å²) < 4.78 is 1.44. The minimum Gasteiger partial charge on any atom is -0.368 e. The number of aromatic nitrogens is 3. The zero-order chi connectivity index (χ0) is 19.9. The second-order valence-electron chi connectivity index (χ2n) is 7.86. The minimum absolute atomic E-state index is 0.225. The second-order valence-corrected chi connectivity index (χ2v) is 7.86. The van der Waals surface area contributed by atoms with Crippen LogP contribution in [0.25, 0.3) is 5.52 Å². The van der Waals surface area contributed by atoms with Gasteiger partial charge in [0.05, 0.1) is 0 Å². The molecule has 2 amide bonds. The van der Waals surface area contributed by atoms with E-state index < -0.39 is 5.54 Å². The van der Waals surface area contributed by atoms with E-state index in [-0.39, 0.29) is 23.1 Å². The summed E-state index contributed by atoms with van der Waals surface area (Å²) in [5.41, 5.74) is 6.12. The lowest BCUT2D eigenvalue weighted by Crippen LogP contribution is -2.63. The molecule has 0 saturated carbocycles. The molecule has 2 aliphatic rings. The molecule has 0 spiro atoms. The van der Waals surface area contributed by atoms with E-state index in [0.29, 0.717) is 37.1 Å².